The van der Waals surface area contributed by atoms with Crippen LogP contribution < -0.4 is 10.6 Å². The molecule has 2 nitrogen and oxygen atoms in total. The van der Waals surface area contributed by atoms with Crippen LogP contribution in [0.4, 0.5) is 5.69 Å². The second-order valence-corrected chi connectivity index (χ2v) is 3.84. The minimum absolute atomic E-state index is 0.537. The average molecular weight is 190 g/mol. The molecule has 2 rings (SSSR count). The number of para-hydroxylation sites is 1. The van der Waals surface area contributed by atoms with E-state index in [0.29, 0.717) is 6.04 Å². The Hall–Kier alpha value is -1.02. The van der Waals surface area contributed by atoms with E-state index in [1.165, 1.54) is 24.1 Å². The minimum Gasteiger partial charge on any atom is -0.367 e. The van der Waals surface area contributed by atoms with Crippen molar-refractivity contribution in [3.63, 3.8) is 0 Å². The van der Waals surface area contributed by atoms with Crippen molar-refractivity contribution in [3.8, 4) is 0 Å². The van der Waals surface area contributed by atoms with Crippen LogP contribution in [0.25, 0.3) is 0 Å². The topological polar surface area (TPSA) is 29.3 Å². The fourth-order valence-electron chi connectivity index (χ4n) is 2.35. The van der Waals surface area contributed by atoms with E-state index in [0.717, 1.165) is 13.1 Å². The maximum Gasteiger partial charge on any atom is 0.0415 e. The van der Waals surface area contributed by atoms with Gasteiger partial charge in [-0.2, -0.15) is 0 Å². The van der Waals surface area contributed by atoms with Gasteiger partial charge in [-0.25, -0.2) is 0 Å². The molecule has 0 saturated heterocycles. The molecule has 76 valence electrons. The third-order valence-electron chi connectivity index (χ3n) is 3.10. The summed E-state index contributed by atoms with van der Waals surface area (Å²) in [5.74, 6) is 0. The fraction of sp³-hybridized carbons (Fsp3) is 0.500. The summed E-state index contributed by atoms with van der Waals surface area (Å²) in [7, 11) is 0. The molecule has 2 N–H and O–H groups in total. The molecule has 0 bridgehead atoms. The van der Waals surface area contributed by atoms with Crippen LogP contribution in [0.2, 0.25) is 0 Å². The van der Waals surface area contributed by atoms with Crippen LogP contribution in [-0.2, 0) is 6.42 Å². The molecule has 1 aliphatic heterocycles. The molecule has 1 aliphatic rings. The van der Waals surface area contributed by atoms with E-state index in [9.17, 15) is 0 Å². The first-order valence-electron chi connectivity index (χ1n) is 5.41. The molecule has 0 spiro atoms. The van der Waals surface area contributed by atoms with Gasteiger partial charge >= 0.3 is 0 Å². The van der Waals surface area contributed by atoms with Gasteiger partial charge in [-0.1, -0.05) is 18.2 Å². The highest BCUT2D eigenvalue weighted by Gasteiger charge is 2.22. The van der Waals surface area contributed by atoms with Gasteiger partial charge in [0.1, 0.15) is 0 Å². The van der Waals surface area contributed by atoms with Crippen LogP contribution in [-0.4, -0.2) is 19.1 Å². The van der Waals surface area contributed by atoms with Crippen molar-refractivity contribution in [2.45, 2.75) is 25.8 Å². The van der Waals surface area contributed by atoms with Crippen LogP contribution in [0, 0.1) is 0 Å². The highest BCUT2D eigenvalue weighted by Crippen LogP contribution is 2.29. The summed E-state index contributed by atoms with van der Waals surface area (Å²) in [4.78, 5) is 2.43. The maximum atomic E-state index is 5.78. The van der Waals surface area contributed by atoms with Gasteiger partial charge in [0.15, 0.2) is 0 Å². The Morgan fingerprint density at radius 1 is 1.43 bits per heavy atom. The van der Waals surface area contributed by atoms with Gasteiger partial charge in [0, 0.05) is 24.8 Å². The van der Waals surface area contributed by atoms with Crippen LogP contribution in [0.1, 0.15) is 18.9 Å². The Balaban J connectivity index is 2.34. The monoisotopic (exact) mass is 190 g/mol. The number of aryl methyl sites for hydroxylation is 1. The van der Waals surface area contributed by atoms with E-state index in [4.69, 9.17) is 5.73 Å². The first kappa shape index (κ1) is 9.53. The van der Waals surface area contributed by atoms with Gasteiger partial charge in [-0.3, -0.25) is 0 Å². The summed E-state index contributed by atoms with van der Waals surface area (Å²) < 4.78 is 0. The average Bonchev–Trinajstić information content (AvgIpc) is 2.27. The molecule has 1 aromatic rings. The molecule has 0 radical (unpaired) electrons. The van der Waals surface area contributed by atoms with Gasteiger partial charge in [0.05, 0.1) is 0 Å². The van der Waals surface area contributed by atoms with E-state index in [-0.39, 0.29) is 0 Å². The van der Waals surface area contributed by atoms with Crippen LogP contribution in [0.5, 0.6) is 0 Å². The van der Waals surface area contributed by atoms with Crippen molar-refractivity contribution in [3.05, 3.63) is 29.8 Å². The number of likely N-dealkylation sites (N-methyl/N-ethyl adjacent to an activating group) is 1. The molecule has 1 heterocycles. The Bertz CT molecular complexity index is 309. The Labute approximate surface area is 85.7 Å². The quantitative estimate of drug-likeness (QED) is 0.770. The zero-order valence-electron chi connectivity index (χ0n) is 8.74. The van der Waals surface area contributed by atoms with E-state index in [1.807, 2.05) is 0 Å². The van der Waals surface area contributed by atoms with Gasteiger partial charge in [0.25, 0.3) is 0 Å². The van der Waals surface area contributed by atoms with Gasteiger partial charge in [-0.05, 0) is 31.4 Å². The smallest absolute Gasteiger partial charge is 0.0415 e. The van der Waals surface area contributed by atoms with Gasteiger partial charge in [-0.15, -0.1) is 0 Å². The lowest BCUT2D eigenvalue weighted by Gasteiger charge is -2.37. The molecule has 0 fully saturated rings. The molecule has 0 aliphatic carbocycles. The zero-order chi connectivity index (χ0) is 9.97. The van der Waals surface area contributed by atoms with Crippen molar-refractivity contribution in [2.24, 2.45) is 5.73 Å². The maximum absolute atomic E-state index is 5.78. The molecule has 14 heavy (non-hydrogen) atoms. The number of hydrogen-bond donors (Lipinski definition) is 1. The molecule has 0 aromatic heterocycles. The van der Waals surface area contributed by atoms with E-state index in [1.54, 1.807) is 0 Å². The molecule has 1 aromatic carbocycles. The normalized spacial score (nSPS) is 20.7. The molecule has 0 saturated carbocycles. The Morgan fingerprint density at radius 3 is 2.93 bits per heavy atom. The van der Waals surface area contributed by atoms with E-state index in [2.05, 4.69) is 36.1 Å². The highest BCUT2D eigenvalue weighted by molar-refractivity contribution is 5.56. The summed E-state index contributed by atoms with van der Waals surface area (Å²) in [5, 5.41) is 0. The van der Waals surface area contributed by atoms with Gasteiger partial charge < -0.3 is 10.6 Å². The second kappa shape index (κ2) is 4.01. The zero-order valence-corrected chi connectivity index (χ0v) is 8.74. The first-order chi connectivity index (χ1) is 6.86. The number of hydrogen-bond acceptors (Lipinski definition) is 2. The summed E-state index contributed by atoms with van der Waals surface area (Å²) in [6.45, 7) is 4.02. The molecular formula is C12H18N2. The van der Waals surface area contributed by atoms with Crippen molar-refractivity contribution in [1.82, 2.24) is 0 Å². The minimum atomic E-state index is 0.537. The van der Waals surface area contributed by atoms with Crippen LogP contribution in [0.3, 0.4) is 0 Å². The Morgan fingerprint density at radius 2 is 2.21 bits per heavy atom. The lowest BCUT2D eigenvalue weighted by atomic mass is 9.96. The Kier molecular flexibility index (Phi) is 2.73. The number of nitrogens with zero attached hydrogens (tertiary/aromatic N) is 1. The van der Waals surface area contributed by atoms with E-state index < -0.39 is 0 Å². The van der Waals surface area contributed by atoms with E-state index >= 15 is 0 Å². The number of anilines is 1. The van der Waals surface area contributed by atoms with Crippen molar-refractivity contribution in [1.29, 1.82) is 0 Å². The van der Waals surface area contributed by atoms with Crippen molar-refractivity contribution >= 4 is 5.69 Å². The van der Waals surface area contributed by atoms with Crippen LogP contribution in [0.15, 0.2) is 24.3 Å². The predicted octanol–water partition coefficient (Wildman–Crippen LogP) is 1.79. The molecule has 1 atom stereocenters. The third kappa shape index (κ3) is 1.50. The number of fused-ring (bicyclic) bond motifs is 1. The molecule has 1 unspecified atom stereocenters. The number of benzene rings is 1. The first-order valence-corrected chi connectivity index (χ1v) is 5.41. The van der Waals surface area contributed by atoms with Crippen molar-refractivity contribution < 1.29 is 0 Å². The molecular weight excluding hydrogens is 172 g/mol. The lowest BCUT2D eigenvalue weighted by Crippen LogP contribution is -2.43. The standard InChI is InChI=1S/C12H18N2/c1-2-14-11(9-13)8-7-10-5-3-4-6-12(10)14/h3-6,11H,2,7-9,13H2,1H3. The summed E-state index contributed by atoms with van der Waals surface area (Å²) in [6, 6.07) is 9.20. The lowest BCUT2D eigenvalue weighted by molar-refractivity contribution is 0.542. The molecule has 0 amide bonds. The SMILES string of the molecule is CCN1c2ccccc2CCC1CN. The second-order valence-electron chi connectivity index (χ2n) is 3.84. The summed E-state index contributed by atoms with van der Waals surface area (Å²) in [5.41, 5.74) is 8.64. The predicted molar refractivity (Wildman–Crippen MR) is 60.6 cm³/mol. The fourth-order valence-corrected chi connectivity index (χ4v) is 2.35. The highest BCUT2D eigenvalue weighted by atomic mass is 15.2. The van der Waals surface area contributed by atoms with Gasteiger partial charge in [0.2, 0.25) is 0 Å². The molecule has 2 heteroatoms. The number of nitrogens with two attached hydrogens (primary N) is 1. The number of rotatable bonds is 2. The third-order valence-corrected chi connectivity index (χ3v) is 3.10. The summed E-state index contributed by atoms with van der Waals surface area (Å²) >= 11 is 0. The van der Waals surface area contributed by atoms with Crippen LogP contribution >= 0.6 is 0 Å². The van der Waals surface area contributed by atoms with Crippen molar-refractivity contribution in [2.75, 3.05) is 18.0 Å². The summed E-state index contributed by atoms with van der Waals surface area (Å²) in [6.07, 6.45) is 2.37. The largest absolute Gasteiger partial charge is 0.367 e.